The van der Waals surface area contributed by atoms with Crippen LogP contribution < -0.4 is 0 Å². The Hall–Kier alpha value is -0.610. The molecule has 48 heavy (non-hydrogen) atoms. The van der Waals surface area contributed by atoms with Crippen LogP contribution >= 0.6 is 7.82 Å². The largest absolute Gasteiger partial charge is 0.472 e. The Balaban J connectivity index is 1.50. The summed E-state index contributed by atoms with van der Waals surface area (Å²) >= 11 is 0. The van der Waals surface area contributed by atoms with Crippen LogP contribution in [0.25, 0.3) is 0 Å². The van der Waals surface area contributed by atoms with Crippen molar-refractivity contribution in [2.75, 3.05) is 27.4 Å². The summed E-state index contributed by atoms with van der Waals surface area (Å²) in [6.07, 6.45) is -29.3. The van der Waals surface area contributed by atoms with Gasteiger partial charge < -0.3 is 94.2 Å². The molecule has 0 aromatic rings. The molecule has 1 aliphatic carbocycles. The van der Waals surface area contributed by atoms with Gasteiger partial charge in [-0.1, -0.05) is 0 Å². The predicted molar refractivity (Wildman–Crippen MR) is 146 cm³/mol. The summed E-state index contributed by atoms with van der Waals surface area (Å²) in [5.74, 6) is -3.38. The van der Waals surface area contributed by atoms with Gasteiger partial charge in [0.1, 0.15) is 61.0 Å². The summed E-state index contributed by atoms with van der Waals surface area (Å²) in [4.78, 5) is 9.54. The molecule has 4 aliphatic rings. The molecule has 0 aromatic heterocycles. The number of aliphatic hydroxyl groups is 11. The molecule has 18 atom stereocenters. The van der Waals surface area contributed by atoms with Crippen LogP contribution in [-0.4, -0.2) is 199 Å². The lowest BCUT2D eigenvalue weighted by atomic mass is 9.68. The predicted octanol–water partition coefficient (Wildman–Crippen LogP) is -6.72. The topological polar surface area (TPSA) is 343 Å². The van der Waals surface area contributed by atoms with Crippen molar-refractivity contribution in [2.45, 2.75) is 124 Å². The lowest BCUT2D eigenvalue weighted by Crippen LogP contribution is -2.72. The molecule has 1 saturated carbocycles. The molecular weight excluding hydrogens is 683 g/mol. The van der Waals surface area contributed by atoms with E-state index in [1.807, 2.05) is 0 Å². The van der Waals surface area contributed by atoms with Crippen LogP contribution in [0, 0.1) is 5.92 Å². The molecule has 12 N–H and O–H groups in total. The first kappa shape index (κ1) is 40.2. The van der Waals surface area contributed by atoms with Gasteiger partial charge in [0, 0.05) is 20.6 Å². The maximum atomic E-state index is 11.8. The van der Waals surface area contributed by atoms with E-state index in [4.69, 9.17) is 33.2 Å². The molecule has 22 nitrogen and oxygen atoms in total. The number of rotatable bonds is 14. The second-order valence-electron chi connectivity index (χ2n) is 12.0. The summed E-state index contributed by atoms with van der Waals surface area (Å²) in [7, 11) is -2.64. The summed E-state index contributed by atoms with van der Waals surface area (Å²) in [5.41, 5.74) is 0. The number of methoxy groups -OCH3 is 1. The number of hydrogen-bond acceptors (Lipinski definition) is 21. The lowest BCUT2D eigenvalue weighted by molar-refractivity contribution is -0.414. The molecule has 282 valence electrons. The van der Waals surface area contributed by atoms with E-state index in [0.717, 1.165) is 7.11 Å². The first-order valence-electron chi connectivity index (χ1n) is 14.9. The minimum atomic E-state index is -4.66. The van der Waals surface area contributed by atoms with Crippen LogP contribution in [0.3, 0.4) is 0 Å². The van der Waals surface area contributed by atoms with Crippen molar-refractivity contribution in [1.29, 1.82) is 0 Å². The Bertz CT molecular complexity index is 1080. The van der Waals surface area contributed by atoms with Crippen molar-refractivity contribution < 1.29 is 108 Å². The van der Waals surface area contributed by atoms with Gasteiger partial charge in [-0.05, 0) is 6.92 Å². The number of phosphoric acid groups is 1. The van der Waals surface area contributed by atoms with E-state index >= 15 is 0 Å². The van der Waals surface area contributed by atoms with Crippen molar-refractivity contribution in [1.82, 2.24) is 0 Å². The van der Waals surface area contributed by atoms with E-state index in [0.29, 0.717) is 0 Å². The third-order valence-corrected chi connectivity index (χ3v) is 9.74. The molecule has 4 rings (SSSR count). The molecule has 0 amide bonds. The summed E-state index contributed by atoms with van der Waals surface area (Å²) in [5, 5.41) is 114. The molecule has 3 aliphatic heterocycles. The summed E-state index contributed by atoms with van der Waals surface area (Å²) in [6.45, 7) is -0.534. The first-order valence-corrected chi connectivity index (χ1v) is 16.4. The standard InChI is InChI=1S/C25H45O22P/c1-7-12(27)18(16(31)22(42-7)45-10(14(29)21(33)34)6-41-48(37,38)40-3)46-23-17(32)19(13(28)9(5-26)44-23)47-24-20(39-2)15(30)11-8(43-24)4-25(11,35)36/h7-24,26-36H,4-6H2,1-3H3,(H,37,38). The summed E-state index contributed by atoms with van der Waals surface area (Å²) in [6, 6.07) is 0. The fourth-order valence-corrected chi connectivity index (χ4v) is 6.45. The van der Waals surface area contributed by atoms with Gasteiger partial charge in [0.05, 0.1) is 37.4 Å². The third-order valence-electron chi connectivity index (χ3n) is 8.80. The normalized spacial score (nSPS) is 45.5. The van der Waals surface area contributed by atoms with Gasteiger partial charge in [-0.2, -0.15) is 0 Å². The zero-order valence-corrected chi connectivity index (χ0v) is 26.8. The zero-order valence-electron chi connectivity index (χ0n) is 25.9. The van der Waals surface area contributed by atoms with Crippen LogP contribution in [0.1, 0.15) is 13.3 Å². The quantitative estimate of drug-likeness (QED) is 0.0584. The van der Waals surface area contributed by atoms with Gasteiger partial charge in [0.15, 0.2) is 30.9 Å². The minimum Gasteiger partial charge on any atom is -0.394 e. The smallest absolute Gasteiger partial charge is 0.394 e. The van der Waals surface area contributed by atoms with Gasteiger partial charge in [0.25, 0.3) is 0 Å². The van der Waals surface area contributed by atoms with Crippen molar-refractivity contribution in [3.63, 3.8) is 0 Å². The lowest BCUT2D eigenvalue weighted by Gasteiger charge is -2.56. The highest BCUT2D eigenvalue weighted by molar-refractivity contribution is 7.47. The summed E-state index contributed by atoms with van der Waals surface area (Å²) < 4.78 is 59.5. The van der Waals surface area contributed by atoms with Gasteiger partial charge in [-0.3, -0.25) is 9.05 Å². The maximum Gasteiger partial charge on any atom is 0.472 e. The van der Waals surface area contributed by atoms with E-state index in [-0.39, 0.29) is 6.42 Å². The van der Waals surface area contributed by atoms with E-state index in [2.05, 4.69) is 9.05 Å². The van der Waals surface area contributed by atoms with Crippen molar-refractivity contribution in [3.05, 3.63) is 0 Å². The van der Waals surface area contributed by atoms with E-state index < -0.39 is 137 Å². The molecule has 3 saturated heterocycles. The van der Waals surface area contributed by atoms with Crippen LogP contribution in [0.2, 0.25) is 0 Å². The Labute approximate surface area is 273 Å². The molecule has 0 radical (unpaired) electrons. The van der Waals surface area contributed by atoms with Gasteiger partial charge in [0.2, 0.25) is 0 Å². The third kappa shape index (κ3) is 8.37. The highest BCUT2D eigenvalue weighted by Gasteiger charge is 2.63. The minimum absolute atomic E-state index is 0.289. The van der Waals surface area contributed by atoms with E-state index in [1.165, 1.54) is 14.0 Å². The molecule has 0 aromatic carbocycles. The van der Waals surface area contributed by atoms with E-state index in [1.54, 1.807) is 0 Å². The van der Waals surface area contributed by atoms with Crippen LogP contribution in [0.15, 0.2) is 0 Å². The van der Waals surface area contributed by atoms with Crippen molar-refractivity contribution >= 4 is 7.82 Å². The second-order valence-corrected chi connectivity index (χ2v) is 13.5. The number of aliphatic hydroxyl groups excluding tert-OH is 8. The molecule has 23 heteroatoms. The Morgan fingerprint density at radius 3 is 2.00 bits per heavy atom. The highest BCUT2D eigenvalue weighted by Crippen LogP contribution is 2.47. The SMILES string of the molecule is COC1C(OC2C(O)C(CO)OC(OC3C(O)C(C)OC(OC(COP(=O)(O)OC)C(O)C(O)O)C3O)C2O)OC2CC(O)(O)C2C1O. The average molecular weight is 729 g/mol. The van der Waals surface area contributed by atoms with E-state index in [9.17, 15) is 65.6 Å². The number of phosphoric ester groups is 1. The molecule has 4 fully saturated rings. The number of hydrogen-bond donors (Lipinski definition) is 12. The van der Waals surface area contributed by atoms with Gasteiger partial charge >= 0.3 is 7.82 Å². The van der Waals surface area contributed by atoms with Crippen LogP contribution in [0.5, 0.6) is 0 Å². The Morgan fingerprint density at radius 1 is 0.833 bits per heavy atom. The van der Waals surface area contributed by atoms with Crippen LogP contribution in [-0.2, 0) is 46.8 Å². The fraction of sp³-hybridized carbons (Fsp3) is 1.00. The highest BCUT2D eigenvalue weighted by atomic mass is 31.2. The number of fused-ring (bicyclic) bond motifs is 1. The van der Waals surface area contributed by atoms with Crippen molar-refractivity contribution in [3.8, 4) is 0 Å². The maximum absolute atomic E-state index is 11.8. The fourth-order valence-electron chi connectivity index (χ4n) is 6.01. The molecular formula is C25H45O22P. The first-order chi connectivity index (χ1) is 22.4. The Morgan fingerprint density at radius 2 is 1.44 bits per heavy atom. The Kier molecular flexibility index (Phi) is 13.4. The monoisotopic (exact) mass is 728 g/mol. The number of ether oxygens (including phenoxy) is 7. The van der Waals surface area contributed by atoms with Crippen molar-refractivity contribution in [2.24, 2.45) is 5.92 Å². The van der Waals surface area contributed by atoms with Gasteiger partial charge in [-0.25, -0.2) is 4.57 Å². The average Bonchev–Trinajstić information content (AvgIpc) is 3.01. The van der Waals surface area contributed by atoms with Crippen LogP contribution in [0.4, 0.5) is 0 Å². The molecule has 0 spiro atoms. The molecule has 18 unspecified atom stereocenters. The zero-order chi connectivity index (χ0) is 35.9. The van der Waals surface area contributed by atoms with Gasteiger partial charge in [-0.15, -0.1) is 0 Å². The molecule has 3 heterocycles. The second kappa shape index (κ2) is 16.0. The molecule has 0 bridgehead atoms.